The molecule has 6 rings (SSSR count). The number of nitrogens with one attached hydrogen (secondary N) is 2. The van der Waals surface area contributed by atoms with Crippen molar-refractivity contribution < 1.29 is 18.7 Å². The van der Waals surface area contributed by atoms with Crippen molar-refractivity contribution >= 4 is 34.1 Å². The van der Waals surface area contributed by atoms with Crippen molar-refractivity contribution in [3.05, 3.63) is 135 Å². The van der Waals surface area contributed by atoms with Gasteiger partial charge in [0.25, 0.3) is 11.5 Å². The van der Waals surface area contributed by atoms with Gasteiger partial charge in [-0.25, -0.2) is 4.39 Å². The Labute approximate surface area is 247 Å². The van der Waals surface area contributed by atoms with Crippen LogP contribution in [0.5, 0.6) is 5.75 Å². The monoisotopic (exact) mass is 575 g/mol. The third-order valence-corrected chi connectivity index (χ3v) is 7.84. The number of halogens is 1. The molecule has 0 aliphatic heterocycles. The van der Waals surface area contributed by atoms with Gasteiger partial charge in [0.2, 0.25) is 5.91 Å². The number of benzene rings is 4. The number of ether oxygens (including phenoxy) is 1. The summed E-state index contributed by atoms with van der Waals surface area (Å²) >= 11 is 0. The molecule has 5 aromatic rings. The quantitative estimate of drug-likeness (QED) is 0.238. The molecule has 0 radical (unpaired) electrons. The second-order valence-electron chi connectivity index (χ2n) is 10.8. The topological polar surface area (TPSA) is 89.4 Å². The largest absolute Gasteiger partial charge is 0.497 e. The zero-order valence-electron chi connectivity index (χ0n) is 23.6. The molecule has 1 aliphatic rings. The first-order valence-electron chi connectivity index (χ1n) is 14.1. The van der Waals surface area contributed by atoms with Gasteiger partial charge in [0, 0.05) is 17.6 Å². The number of amides is 2. The van der Waals surface area contributed by atoms with Crippen LogP contribution in [0.3, 0.4) is 0 Å². The zero-order valence-corrected chi connectivity index (χ0v) is 23.6. The fourth-order valence-corrected chi connectivity index (χ4v) is 5.76. The summed E-state index contributed by atoms with van der Waals surface area (Å²) in [5.74, 6) is -0.315. The van der Waals surface area contributed by atoms with E-state index in [0.717, 1.165) is 16.7 Å². The van der Waals surface area contributed by atoms with Gasteiger partial charge in [0.05, 0.1) is 24.7 Å². The predicted octanol–water partition coefficient (Wildman–Crippen LogP) is 6.00. The third kappa shape index (κ3) is 6.04. The maximum absolute atomic E-state index is 13.9. The lowest BCUT2D eigenvalue weighted by molar-refractivity contribution is -0.115. The molecule has 2 N–H and O–H groups in total. The van der Waals surface area contributed by atoms with E-state index in [9.17, 15) is 18.8 Å². The highest BCUT2D eigenvalue weighted by atomic mass is 19.1. The average Bonchev–Trinajstić information content (AvgIpc) is 3.41. The lowest BCUT2D eigenvalue weighted by atomic mass is 10.0. The molecule has 1 aromatic heterocycles. The van der Waals surface area contributed by atoms with E-state index in [2.05, 4.69) is 10.6 Å². The number of nitrogens with zero attached hydrogens (tertiary/aromatic N) is 1. The Bertz CT molecular complexity index is 1880. The molecule has 1 atom stereocenters. The van der Waals surface area contributed by atoms with E-state index in [1.165, 1.54) is 6.07 Å². The number of carbonyl (C=O) groups is 2. The van der Waals surface area contributed by atoms with Crippen molar-refractivity contribution in [2.24, 2.45) is 5.92 Å². The summed E-state index contributed by atoms with van der Waals surface area (Å²) in [5, 5.41) is 6.37. The highest BCUT2D eigenvalue weighted by molar-refractivity contribution is 6.08. The van der Waals surface area contributed by atoms with Gasteiger partial charge < -0.3 is 19.9 Å². The predicted molar refractivity (Wildman–Crippen MR) is 165 cm³/mol. The van der Waals surface area contributed by atoms with E-state index >= 15 is 0 Å². The van der Waals surface area contributed by atoms with Crippen LogP contribution in [-0.4, -0.2) is 23.5 Å². The van der Waals surface area contributed by atoms with Gasteiger partial charge in [-0.3, -0.25) is 14.4 Å². The number of hydrogen-bond donors (Lipinski definition) is 2. The molecule has 1 unspecified atom stereocenters. The summed E-state index contributed by atoms with van der Waals surface area (Å²) in [4.78, 5) is 40.5. The Hall–Kier alpha value is -5.24. The van der Waals surface area contributed by atoms with Crippen LogP contribution in [-0.2, 0) is 30.6 Å². The molecule has 1 heterocycles. The van der Waals surface area contributed by atoms with Crippen LogP contribution < -0.4 is 20.9 Å². The van der Waals surface area contributed by atoms with E-state index in [1.54, 1.807) is 78.4 Å². The Balaban J connectivity index is 1.36. The van der Waals surface area contributed by atoms with Gasteiger partial charge in [-0.2, -0.15) is 0 Å². The van der Waals surface area contributed by atoms with Crippen LogP contribution in [0.2, 0.25) is 0 Å². The minimum Gasteiger partial charge on any atom is -0.497 e. The number of para-hydroxylation sites is 1. The number of anilines is 2. The highest BCUT2D eigenvalue weighted by Crippen LogP contribution is 2.30. The van der Waals surface area contributed by atoms with E-state index < -0.39 is 11.5 Å². The second kappa shape index (κ2) is 11.9. The Morgan fingerprint density at radius 2 is 1.65 bits per heavy atom. The summed E-state index contributed by atoms with van der Waals surface area (Å²) in [6, 6.07) is 27.9. The standard InChI is InChI=1S/C35H30FN3O4/c1-43-28-14-10-22(11-15-28)18-33(40)38-31-8-5-9-32-29(31)20-30(34(41)37-27-6-3-2-4-7-27)35(42)39(32)21-23-16-24-12-13-26(36)19-25(24)17-23/h2-15,19-20,23H,16-18,21H2,1H3,(H,37,41)(H,38,40). The number of methoxy groups -OCH3 is 1. The Morgan fingerprint density at radius 3 is 2.42 bits per heavy atom. The van der Waals surface area contributed by atoms with Crippen molar-refractivity contribution in [2.75, 3.05) is 17.7 Å². The molecule has 7 nitrogen and oxygen atoms in total. The van der Waals surface area contributed by atoms with Crippen LogP contribution in [0.25, 0.3) is 10.9 Å². The molecule has 4 aromatic carbocycles. The summed E-state index contributed by atoms with van der Waals surface area (Å²) < 4.78 is 20.7. The van der Waals surface area contributed by atoms with Gasteiger partial charge in [0.1, 0.15) is 17.1 Å². The maximum atomic E-state index is 13.9. The Morgan fingerprint density at radius 1 is 0.884 bits per heavy atom. The highest BCUT2D eigenvalue weighted by Gasteiger charge is 2.25. The van der Waals surface area contributed by atoms with Crippen molar-refractivity contribution in [1.82, 2.24) is 4.57 Å². The number of aromatic nitrogens is 1. The van der Waals surface area contributed by atoms with Crippen molar-refractivity contribution in [1.29, 1.82) is 0 Å². The molecule has 0 saturated carbocycles. The van der Waals surface area contributed by atoms with Crippen molar-refractivity contribution in [3.63, 3.8) is 0 Å². The Kier molecular flexibility index (Phi) is 7.75. The minimum atomic E-state index is -0.539. The lowest BCUT2D eigenvalue weighted by Gasteiger charge is -2.18. The van der Waals surface area contributed by atoms with Crippen LogP contribution in [0.1, 0.15) is 27.0 Å². The maximum Gasteiger partial charge on any atom is 0.263 e. The molecule has 216 valence electrons. The number of carbonyl (C=O) groups excluding carboxylic acids is 2. The summed E-state index contributed by atoms with van der Waals surface area (Å²) in [7, 11) is 1.58. The van der Waals surface area contributed by atoms with Crippen LogP contribution in [0, 0.1) is 11.7 Å². The average molecular weight is 576 g/mol. The van der Waals surface area contributed by atoms with Crippen LogP contribution in [0.15, 0.2) is 102 Å². The second-order valence-corrected chi connectivity index (χ2v) is 10.8. The summed E-state index contributed by atoms with van der Waals surface area (Å²) in [6.45, 7) is 0.335. The van der Waals surface area contributed by atoms with Gasteiger partial charge in [-0.1, -0.05) is 42.5 Å². The molecule has 0 fully saturated rings. The molecule has 0 saturated heterocycles. The van der Waals surface area contributed by atoms with Crippen LogP contribution >= 0.6 is 0 Å². The minimum absolute atomic E-state index is 0.0326. The number of pyridine rings is 1. The molecule has 0 spiro atoms. The smallest absolute Gasteiger partial charge is 0.263 e. The molecule has 1 aliphatic carbocycles. The normalized spacial score (nSPS) is 13.9. The molecular formula is C35H30FN3O4. The first-order valence-corrected chi connectivity index (χ1v) is 14.1. The third-order valence-electron chi connectivity index (χ3n) is 7.84. The SMILES string of the molecule is COc1ccc(CC(=O)Nc2cccc3c2cc(C(=O)Nc2ccccc2)c(=O)n3CC2Cc3ccc(F)cc3C2)cc1. The first-order chi connectivity index (χ1) is 20.9. The summed E-state index contributed by atoms with van der Waals surface area (Å²) in [5.41, 5.74) is 4.02. The molecule has 43 heavy (non-hydrogen) atoms. The van der Waals surface area contributed by atoms with E-state index in [4.69, 9.17) is 4.74 Å². The summed E-state index contributed by atoms with van der Waals surface area (Å²) in [6.07, 6.45) is 1.46. The van der Waals surface area contributed by atoms with Gasteiger partial charge in [0.15, 0.2) is 0 Å². The van der Waals surface area contributed by atoms with Crippen molar-refractivity contribution in [2.45, 2.75) is 25.8 Å². The molecule has 0 bridgehead atoms. The van der Waals surface area contributed by atoms with Crippen molar-refractivity contribution in [3.8, 4) is 5.75 Å². The van der Waals surface area contributed by atoms with E-state index in [1.807, 2.05) is 24.3 Å². The van der Waals surface area contributed by atoms with E-state index in [0.29, 0.717) is 47.4 Å². The molecular weight excluding hydrogens is 545 g/mol. The van der Waals surface area contributed by atoms with Gasteiger partial charge in [-0.05, 0) is 90.0 Å². The fourth-order valence-electron chi connectivity index (χ4n) is 5.76. The number of fused-ring (bicyclic) bond motifs is 2. The molecule has 2 amide bonds. The molecule has 8 heteroatoms. The van der Waals surface area contributed by atoms with Gasteiger partial charge >= 0.3 is 0 Å². The zero-order chi connectivity index (χ0) is 29.9. The first kappa shape index (κ1) is 27.9. The van der Waals surface area contributed by atoms with Gasteiger partial charge in [-0.15, -0.1) is 0 Å². The number of rotatable bonds is 8. The van der Waals surface area contributed by atoms with E-state index in [-0.39, 0.29) is 29.6 Å². The van der Waals surface area contributed by atoms with Crippen LogP contribution in [0.4, 0.5) is 15.8 Å². The fraction of sp³-hybridized carbons (Fsp3) is 0.171. The lowest BCUT2D eigenvalue weighted by Crippen LogP contribution is -2.31. The number of hydrogen-bond acceptors (Lipinski definition) is 4.